The van der Waals surface area contributed by atoms with Gasteiger partial charge in [-0.05, 0) is 145 Å². The summed E-state index contributed by atoms with van der Waals surface area (Å²) in [4.78, 5) is 0. The number of benzene rings is 3. The standard InChI is InChI=1S/C33H36ClN3O3S/c1-33-15-14-25-26(28(33)12-13-31(33)40)11-4-20-18-30(39)21(16-27(20)25)17-29(19-2-9-24(38)10-3-19)36-37-32(41)35-23-7-5-22(34)6-8-23/h2-3,5-10,16,18,25-26,28,31,38-40H,4,11-15,17H2,1H3,(H2,35,37,41)/b36-29-/t25-,26+,28-,31-,33-/m0/s1. The molecule has 3 aliphatic rings. The largest absolute Gasteiger partial charge is 0.508 e. The number of hydrogen-bond acceptors (Lipinski definition) is 5. The van der Waals surface area contributed by atoms with Gasteiger partial charge in [0.05, 0.1) is 11.8 Å². The minimum Gasteiger partial charge on any atom is -0.508 e. The second-order valence-electron chi connectivity index (χ2n) is 12.1. The lowest BCUT2D eigenvalue weighted by Gasteiger charge is -2.50. The van der Waals surface area contributed by atoms with Gasteiger partial charge in [0.25, 0.3) is 0 Å². The summed E-state index contributed by atoms with van der Waals surface area (Å²) in [5.74, 6) is 2.01. The second kappa shape index (κ2) is 11.3. The Morgan fingerprint density at radius 2 is 1.78 bits per heavy atom. The first-order chi connectivity index (χ1) is 19.7. The van der Waals surface area contributed by atoms with E-state index in [0.717, 1.165) is 55.3 Å². The fraction of sp³-hybridized carbons (Fsp3) is 0.394. The highest BCUT2D eigenvalue weighted by Crippen LogP contribution is 2.61. The van der Waals surface area contributed by atoms with Crippen molar-refractivity contribution in [2.75, 3.05) is 5.32 Å². The van der Waals surface area contributed by atoms with Crippen molar-refractivity contribution in [3.8, 4) is 11.5 Å². The smallest absolute Gasteiger partial charge is 0.191 e. The number of rotatable bonds is 5. The summed E-state index contributed by atoms with van der Waals surface area (Å²) in [6.45, 7) is 2.29. The third kappa shape index (κ3) is 5.55. The van der Waals surface area contributed by atoms with Gasteiger partial charge in [0.2, 0.25) is 0 Å². The van der Waals surface area contributed by atoms with Gasteiger partial charge < -0.3 is 20.6 Å². The van der Waals surface area contributed by atoms with Crippen molar-refractivity contribution in [3.05, 3.63) is 87.9 Å². The summed E-state index contributed by atoms with van der Waals surface area (Å²) in [6, 6.07) is 18.2. The van der Waals surface area contributed by atoms with Crippen LogP contribution in [0.25, 0.3) is 0 Å². The molecule has 0 spiro atoms. The molecule has 214 valence electrons. The number of hydrogen-bond donors (Lipinski definition) is 5. The molecule has 2 saturated carbocycles. The van der Waals surface area contributed by atoms with E-state index in [1.807, 2.05) is 30.3 Å². The number of nitrogens with one attached hydrogen (secondary N) is 2. The lowest BCUT2D eigenvalue weighted by molar-refractivity contribution is -0.0226. The van der Waals surface area contributed by atoms with Gasteiger partial charge in [0.1, 0.15) is 11.5 Å². The van der Waals surface area contributed by atoms with Gasteiger partial charge in [-0.15, -0.1) is 0 Å². The average molecular weight is 590 g/mol. The molecule has 3 aliphatic carbocycles. The number of halogens is 1. The van der Waals surface area contributed by atoms with E-state index in [4.69, 9.17) is 23.8 Å². The maximum atomic E-state index is 11.1. The molecule has 0 aromatic heterocycles. The molecule has 3 aromatic carbocycles. The number of phenols is 2. The molecule has 5 atom stereocenters. The van der Waals surface area contributed by atoms with Crippen LogP contribution in [0.2, 0.25) is 5.02 Å². The first-order valence-corrected chi connectivity index (χ1v) is 15.2. The molecule has 2 fully saturated rings. The molecule has 6 rings (SSSR count). The third-order valence-electron chi connectivity index (χ3n) is 9.83. The maximum Gasteiger partial charge on any atom is 0.191 e. The number of phenolic OH excluding ortho intramolecular Hbond substituents is 2. The minimum atomic E-state index is -0.193. The zero-order valence-corrected chi connectivity index (χ0v) is 24.7. The molecule has 0 saturated heterocycles. The predicted octanol–water partition coefficient (Wildman–Crippen LogP) is 6.90. The zero-order valence-electron chi connectivity index (χ0n) is 23.1. The summed E-state index contributed by atoms with van der Waals surface area (Å²) in [5, 5.41) is 40.5. The van der Waals surface area contributed by atoms with Crippen molar-refractivity contribution in [2.24, 2.45) is 22.4 Å². The summed E-state index contributed by atoms with van der Waals surface area (Å²) in [6.07, 6.45) is 6.39. The van der Waals surface area contributed by atoms with Crippen molar-refractivity contribution in [1.29, 1.82) is 0 Å². The second-order valence-corrected chi connectivity index (χ2v) is 12.9. The fourth-order valence-corrected chi connectivity index (χ4v) is 7.91. The Bertz CT molecular complexity index is 1480. The first-order valence-electron chi connectivity index (χ1n) is 14.4. The van der Waals surface area contributed by atoms with Gasteiger partial charge in [-0.2, -0.15) is 5.10 Å². The van der Waals surface area contributed by atoms with Crippen molar-refractivity contribution in [1.82, 2.24) is 5.43 Å². The van der Waals surface area contributed by atoms with Crippen LogP contribution in [-0.4, -0.2) is 32.2 Å². The molecule has 8 heteroatoms. The van der Waals surface area contributed by atoms with E-state index >= 15 is 0 Å². The Morgan fingerprint density at radius 3 is 2.54 bits per heavy atom. The zero-order chi connectivity index (χ0) is 28.7. The van der Waals surface area contributed by atoms with Gasteiger partial charge in [0, 0.05) is 22.7 Å². The number of aliphatic hydroxyl groups is 1. The molecule has 6 nitrogen and oxygen atoms in total. The van der Waals surface area contributed by atoms with Crippen molar-refractivity contribution < 1.29 is 15.3 Å². The summed E-state index contributed by atoms with van der Waals surface area (Å²) >= 11 is 11.5. The molecule has 41 heavy (non-hydrogen) atoms. The van der Waals surface area contributed by atoms with Crippen LogP contribution < -0.4 is 10.7 Å². The summed E-state index contributed by atoms with van der Waals surface area (Å²) in [7, 11) is 0. The monoisotopic (exact) mass is 589 g/mol. The summed E-state index contributed by atoms with van der Waals surface area (Å²) in [5.41, 5.74) is 8.66. The topological polar surface area (TPSA) is 97.1 Å². The van der Waals surface area contributed by atoms with E-state index in [2.05, 4.69) is 28.8 Å². The van der Waals surface area contributed by atoms with Gasteiger partial charge in [-0.3, -0.25) is 5.43 Å². The van der Waals surface area contributed by atoms with Gasteiger partial charge >= 0.3 is 0 Å². The SMILES string of the molecule is C[C@]12CC[C@@H]3c4cc(C/C(=N/NC(=S)Nc5ccc(Cl)cc5)c5ccc(O)cc5)c(O)cc4CC[C@H]3[C@@H]1CC[C@@H]2O. The van der Waals surface area contributed by atoms with E-state index in [1.54, 1.807) is 24.3 Å². The Balaban J connectivity index is 1.27. The van der Waals surface area contributed by atoms with E-state index in [-0.39, 0.29) is 23.0 Å². The van der Waals surface area contributed by atoms with Crippen LogP contribution in [0.1, 0.15) is 67.2 Å². The van der Waals surface area contributed by atoms with E-state index in [9.17, 15) is 15.3 Å². The van der Waals surface area contributed by atoms with Crippen molar-refractivity contribution in [3.63, 3.8) is 0 Å². The lowest BCUT2D eigenvalue weighted by atomic mass is 9.55. The number of hydrazone groups is 1. The Morgan fingerprint density at radius 1 is 1.02 bits per heavy atom. The molecular weight excluding hydrogens is 554 g/mol. The highest BCUT2D eigenvalue weighted by Gasteiger charge is 2.54. The fourth-order valence-electron chi connectivity index (χ4n) is 7.62. The molecule has 0 unspecified atom stereocenters. The van der Waals surface area contributed by atoms with E-state index in [0.29, 0.717) is 40.0 Å². The first kappa shape index (κ1) is 28.0. The van der Waals surface area contributed by atoms with Crippen molar-refractivity contribution in [2.45, 2.75) is 63.9 Å². The Hall–Kier alpha value is -3.13. The van der Waals surface area contributed by atoms with E-state index in [1.165, 1.54) is 11.1 Å². The Labute approximate surface area is 251 Å². The number of fused-ring (bicyclic) bond motifs is 5. The quantitative estimate of drug-likeness (QED) is 0.126. The van der Waals surface area contributed by atoms with Gasteiger partial charge in [-0.1, -0.05) is 24.6 Å². The molecule has 0 aliphatic heterocycles. The number of anilines is 1. The van der Waals surface area contributed by atoms with Crippen LogP contribution in [0.3, 0.4) is 0 Å². The molecule has 5 N–H and O–H groups in total. The molecule has 0 heterocycles. The van der Waals surface area contributed by atoms with Crippen LogP contribution in [0.15, 0.2) is 65.8 Å². The maximum absolute atomic E-state index is 11.1. The number of aryl methyl sites for hydroxylation is 1. The average Bonchev–Trinajstić information content (AvgIpc) is 3.27. The van der Waals surface area contributed by atoms with Crippen LogP contribution in [-0.2, 0) is 12.8 Å². The molecular formula is C33H36ClN3O3S. The molecule has 0 bridgehead atoms. The highest BCUT2D eigenvalue weighted by molar-refractivity contribution is 7.80. The number of aromatic hydroxyl groups is 2. The van der Waals surface area contributed by atoms with Crippen molar-refractivity contribution >= 4 is 40.3 Å². The molecule has 0 amide bonds. The number of nitrogens with zero attached hydrogens (tertiary/aromatic N) is 1. The minimum absolute atomic E-state index is 0.0290. The predicted molar refractivity (Wildman–Crippen MR) is 168 cm³/mol. The van der Waals surface area contributed by atoms with Crippen LogP contribution in [0.5, 0.6) is 11.5 Å². The van der Waals surface area contributed by atoms with Gasteiger partial charge in [-0.25, -0.2) is 0 Å². The molecule has 3 aromatic rings. The number of aliphatic hydroxyl groups excluding tert-OH is 1. The third-order valence-corrected chi connectivity index (χ3v) is 10.3. The van der Waals surface area contributed by atoms with Crippen LogP contribution in [0.4, 0.5) is 5.69 Å². The molecule has 0 radical (unpaired) electrons. The summed E-state index contributed by atoms with van der Waals surface area (Å²) < 4.78 is 0. The lowest BCUT2D eigenvalue weighted by Crippen LogP contribution is -2.43. The number of thiocarbonyl (C=S) groups is 1. The Kier molecular flexibility index (Phi) is 7.70. The normalized spacial score (nSPS) is 27.0. The van der Waals surface area contributed by atoms with E-state index < -0.39 is 0 Å². The van der Waals surface area contributed by atoms with Crippen LogP contribution >= 0.6 is 23.8 Å². The van der Waals surface area contributed by atoms with Crippen LogP contribution in [0, 0.1) is 17.3 Å². The van der Waals surface area contributed by atoms with Gasteiger partial charge in [0.15, 0.2) is 5.11 Å². The highest BCUT2D eigenvalue weighted by atomic mass is 35.5.